The highest BCUT2D eigenvalue weighted by Crippen LogP contribution is 2.26. The van der Waals surface area contributed by atoms with Crippen molar-refractivity contribution in [2.24, 2.45) is 0 Å². The Morgan fingerprint density at radius 2 is 1.63 bits per heavy atom. The number of fused-ring (bicyclic) bond motifs is 1. The van der Waals surface area contributed by atoms with Crippen LogP contribution in [0.2, 0.25) is 0 Å². The summed E-state index contributed by atoms with van der Waals surface area (Å²) < 4.78 is 1.44. The topological polar surface area (TPSA) is 74.8 Å². The minimum atomic E-state index is -0.301. The molecule has 3 aromatic carbocycles. The molecule has 0 aliphatic carbocycles. The predicted octanol–water partition coefficient (Wildman–Crippen LogP) is 5.38. The summed E-state index contributed by atoms with van der Waals surface area (Å²) in [5, 5.41) is 3.32. The molecule has 7 heteroatoms. The van der Waals surface area contributed by atoms with Gasteiger partial charge in [-0.15, -0.1) is 0 Å². The largest absolute Gasteiger partial charge is 0.319 e. The molecule has 5 nitrogen and oxygen atoms in total. The Bertz CT molecular complexity index is 1320. The fourth-order valence-corrected chi connectivity index (χ4v) is 4.27. The van der Waals surface area contributed by atoms with Gasteiger partial charge >= 0.3 is 0 Å². The molecule has 2 N–H and O–H groups in total. The van der Waals surface area contributed by atoms with Crippen LogP contribution < -0.4 is 10.9 Å². The van der Waals surface area contributed by atoms with E-state index in [0.29, 0.717) is 26.6 Å². The van der Waals surface area contributed by atoms with Gasteiger partial charge in [0.2, 0.25) is 0 Å². The molecule has 30 heavy (non-hydrogen) atoms. The molecule has 0 radical (unpaired) electrons. The number of nitrogens with zero attached hydrogens (tertiary/aromatic N) is 1. The number of halogens is 2. The van der Waals surface area contributed by atoms with Crippen molar-refractivity contribution in [2.75, 3.05) is 0 Å². The summed E-state index contributed by atoms with van der Waals surface area (Å²) in [6.07, 6.45) is 1.78. The third-order valence-electron chi connectivity index (χ3n) is 4.38. The summed E-state index contributed by atoms with van der Waals surface area (Å²) in [4.78, 5) is 32.9. The second kappa shape index (κ2) is 8.77. The average Bonchev–Trinajstić information content (AvgIpc) is 2.75. The van der Waals surface area contributed by atoms with Crippen LogP contribution in [0.3, 0.4) is 0 Å². The monoisotopic (exact) mass is 523 g/mol. The van der Waals surface area contributed by atoms with Gasteiger partial charge in [-0.25, -0.2) is 4.98 Å². The molecule has 0 aliphatic heterocycles. The quantitative estimate of drug-likeness (QED) is 0.376. The van der Waals surface area contributed by atoms with Crippen LogP contribution in [-0.4, -0.2) is 15.9 Å². The zero-order valence-electron chi connectivity index (χ0n) is 15.5. The molecule has 0 fully saturated rings. The highest BCUT2D eigenvalue weighted by molar-refractivity contribution is 9.11. The van der Waals surface area contributed by atoms with Crippen molar-refractivity contribution in [2.45, 2.75) is 0 Å². The van der Waals surface area contributed by atoms with E-state index in [4.69, 9.17) is 0 Å². The zero-order valence-corrected chi connectivity index (χ0v) is 18.7. The molecule has 1 aromatic heterocycles. The number of carbonyl (C=O) groups is 1. The fraction of sp³-hybridized carbons (Fsp3) is 0. The van der Waals surface area contributed by atoms with Gasteiger partial charge in [-0.3, -0.25) is 9.59 Å². The minimum Gasteiger partial charge on any atom is -0.319 e. The highest BCUT2D eigenvalue weighted by Gasteiger charge is 2.15. The van der Waals surface area contributed by atoms with Gasteiger partial charge in [-0.05, 0) is 51.8 Å². The van der Waals surface area contributed by atoms with E-state index < -0.39 is 0 Å². The lowest BCUT2D eigenvalue weighted by molar-refractivity contribution is 0.0973. The SMILES string of the molecule is O=C(N/C(=C/c1ccccc1)c1nc2c(Br)cc(Br)cc2c(=O)[nH]1)c1ccccc1. The van der Waals surface area contributed by atoms with E-state index in [1.807, 2.05) is 42.5 Å². The van der Waals surface area contributed by atoms with Gasteiger partial charge in [0, 0.05) is 14.5 Å². The molecule has 0 aliphatic rings. The molecule has 1 amide bonds. The second-order valence-corrected chi connectivity index (χ2v) is 8.26. The van der Waals surface area contributed by atoms with E-state index in [1.54, 1.807) is 36.4 Å². The smallest absolute Gasteiger partial charge is 0.259 e. The van der Waals surface area contributed by atoms with E-state index in [2.05, 4.69) is 47.1 Å². The van der Waals surface area contributed by atoms with Crippen molar-refractivity contribution in [1.29, 1.82) is 0 Å². The summed E-state index contributed by atoms with van der Waals surface area (Å²) >= 11 is 6.86. The Morgan fingerprint density at radius 3 is 2.33 bits per heavy atom. The van der Waals surface area contributed by atoms with Crippen LogP contribution in [-0.2, 0) is 0 Å². The van der Waals surface area contributed by atoms with Crippen molar-refractivity contribution in [3.8, 4) is 0 Å². The lowest BCUT2D eigenvalue weighted by Gasteiger charge is -2.11. The third kappa shape index (κ3) is 4.42. The van der Waals surface area contributed by atoms with Gasteiger partial charge in [0.1, 0.15) is 0 Å². The van der Waals surface area contributed by atoms with E-state index in [9.17, 15) is 9.59 Å². The normalized spacial score (nSPS) is 11.5. The summed E-state index contributed by atoms with van der Waals surface area (Å²) in [5.74, 6) is -0.0287. The van der Waals surface area contributed by atoms with Gasteiger partial charge < -0.3 is 10.3 Å². The maximum atomic E-state index is 12.8. The molecule has 0 bridgehead atoms. The number of hydrogen-bond acceptors (Lipinski definition) is 3. The zero-order chi connectivity index (χ0) is 21.1. The number of amides is 1. The number of H-pyrrole nitrogens is 1. The lowest BCUT2D eigenvalue weighted by atomic mass is 10.1. The van der Waals surface area contributed by atoms with Crippen LogP contribution in [0.25, 0.3) is 22.7 Å². The number of rotatable bonds is 4. The minimum absolute atomic E-state index is 0.267. The second-order valence-electron chi connectivity index (χ2n) is 6.49. The average molecular weight is 525 g/mol. The van der Waals surface area contributed by atoms with Crippen molar-refractivity contribution in [3.63, 3.8) is 0 Å². The summed E-state index contributed by atoms with van der Waals surface area (Å²) in [6.45, 7) is 0. The van der Waals surface area contributed by atoms with Crippen LogP contribution in [0.5, 0.6) is 0 Å². The van der Waals surface area contributed by atoms with Gasteiger partial charge in [0.15, 0.2) is 5.82 Å². The first-order valence-electron chi connectivity index (χ1n) is 9.04. The van der Waals surface area contributed by atoms with Crippen molar-refractivity contribution < 1.29 is 4.79 Å². The van der Waals surface area contributed by atoms with Gasteiger partial charge in [0.05, 0.1) is 16.6 Å². The first-order chi connectivity index (χ1) is 14.5. The van der Waals surface area contributed by atoms with E-state index in [1.165, 1.54) is 0 Å². The molecule has 0 unspecified atom stereocenters. The van der Waals surface area contributed by atoms with Crippen LogP contribution in [0.4, 0.5) is 0 Å². The standard InChI is InChI=1S/C23H15Br2N3O2/c24-16-12-17-20(18(25)13-16)27-21(28-23(17)30)19(11-14-7-3-1-4-8-14)26-22(29)15-9-5-2-6-10-15/h1-13H,(H,26,29)(H,27,28,30)/b19-11+. The van der Waals surface area contributed by atoms with Crippen LogP contribution in [0.15, 0.2) is 86.5 Å². The highest BCUT2D eigenvalue weighted by atomic mass is 79.9. The fourth-order valence-electron chi connectivity index (χ4n) is 2.96. The van der Waals surface area contributed by atoms with Gasteiger partial charge in [-0.2, -0.15) is 0 Å². The Labute approximate surface area is 189 Å². The van der Waals surface area contributed by atoms with E-state index >= 15 is 0 Å². The van der Waals surface area contributed by atoms with Crippen molar-refractivity contribution in [3.05, 3.63) is 109 Å². The molecule has 0 atom stereocenters. The summed E-state index contributed by atoms with van der Waals surface area (Å²) in [6, 6.07) is 21.9. The van der Waals surface area contributed by atoms with Gasteiger partial charge in [0.25, 0.3) is 11.5 Å². The van der Waals surface area contributed by atoms with Crippen molar-refractivity contribution in [1.82, 2.24) is 15.3 Å². The molecule has 4 rings (SSSR count). The van der Waals surface area contributed by atoms with Crippen LogP contribution in [0, 0.1) is 0 Å². The maximum absolute atomic E-state index is 12.8. The number of hydrogen-bond donors (Lipinski definition) is 2. The molecule has 0 saturated heterocycles. The van der Waals surface area contributed by atoms with Crippen molar-refractivity contribution >= 4 is 60.4 Å². The molecule has 148 valence electrons. The van der Waals surface area contributed by atoms with E-state index in [-0.39, 0.29) is 17.3 Å². The number of benzene rings is 3. The van der Waals surface area contributed by atoms with Crippen LogP contribution in [0.1, 0.15) is 21.7 Å². The predicted molar refractivity (Wildman–Crippen MR) is 126 cm³/mol. The third-order valence-corrected chi connectivity index (χ3v) is 5.44. The maximum Gasteiger partial charge on any atom is 0.259 e. The number of aromatic nitrogens is 2. The van der Waals surface area contributed by atoms with E-state index in [0.717, 1.165) is 10.0 Å². The van der Waals surface area contributed by atoms with Crippen LogP contribution >= 0.6 is 31.9 Å². The number of aromatic amines is 1. The summed E-state index contributed by atoms with van der Waals surface area (Å²) in [7, 11) is 0. The number of carbonyl (C=O) groups excluding carboxylic acids is 1. The Morgan fingerprint density at radius 1 is 0.967 bits per heavy atom. The molecular weight excluding hydrogens is 510 g/mol. The summed E-state index contributed by atoms with van der Waals surface area (Å²) in [5.41, 5.74) is 1.96. The first-order valence-corrected chi connectivity index (χ1v) is 10.6. The molecule has 1 heterocycles. The lowest BCUT2D eigenvalue weighted by Crippen LogP contribution is -2.24. The number of nitrogens with one attached hydrogen (secondary N) is 2. The Balaban J connectivity index is 1.85. The molecule has 4 aromatic rings. The molecule has 0 spiro atoms. The molecule has 0 saturated carbocycles. The van der Waals surface area contributed by atoms with Gasteiger partial charge in [-0.1, -0.05) is 64.5 Å². The Hall–Kier alpha value is -3.03. The Kier molecular flexibility index (Phi) is 5.92. The molecular formula is C23H15Br2N3O2. The first kappa shape index (κ1) is 20.3.